The third kappa shape index (κ3) is 5.24. The van der Waals surface area contributed by atoms with E-state index in [1.807, 2.05) is 6.07 Å². The molecule has 13 heteroatoms. The van der Waals surface area contributed by atoms with Gasteiger partial charge in [-0.2, -0.15) is 9.94 Å². The van der Waals surface area contributed by atoms with Crippen molar-refractivity contribution in [3.05, 3.63) is 41.3 Å². The van der Waals surface area contributed by atoms with Gasteiger partial charge in [0.2, 0.25) is 11.1 Å². The molecular weight excluding hydrogens is 429 g/mol. The van der Waals surface area contributed by atoms with Crippen LogP contribution < -0.4 is 10.1 Å². The van der Waals surface area contributed by atoms with Gasteiger partial charge in [-0.05, 0) is 53.1 Å². The molecule has 3 aromatic rings. The van der Waals surface area contributed by atoms with E-state index in [1.54, 1.807) is 18.4 Å². The van der Waals surface area contributed by atoms with E-state index >= 15 is 0 Å². The predicted octanol–water partition coefficient (Wildman–Crippen LogP) is 3.61. The van der Waals surface area contributed by atoms with E-state index in [9.17, 15) is 18.0 Å². The maximum atomic E-state index is 12.4. The molecule has 150 valence electrons. The van der Waals surface area contributed by atoms with Crippen molar-refractivity contribution in [2.24, 2.45) is 0 Å². The van der Waals surface area contributed by atoms with Gasteiger partial charge in [-0.3, -0.25) is 4.79 Å². The Morgan fingerprint density at radius 3 is 2.72 bits per heavy atom. The minimum absolute atomic E-state index is 0.267. The van der Waals surface area contributed by atoms with Crippen molar-refractivity contribution in [3.63, 3.8) is 0 Å². The number of thiophene rings is 1. The molecule has 0 saturated heterocycles. The number of nitrogens with zero attached hydrogens (tertiary/aromatic N) is 5. The van der Waals surface area contributed by atoms with E-state index in [-0.39, 0.29) is 16.8 Å². The van der Waals surface area contributed by atoms with Crippen molar-refractivity contribution in [1.82, 2.24) is 20.2 Å². The van der Waals surface area contributed by atoms with Gasteiger partial charge < -0.3 is 10.1 Å². The van der Waals surface area contributed by atoms with Gasteiger partial charge in [0, 0.05) is 0 Å². The van der Waals surface area contributed by atoms with Crippen molar-refractivity contribution in [1.29, 1.82) is 5.26 Å². The number of carbonyl (C=O) groups excluding carboxylic acids is 1. The van der Waals surface area contributed by atoms with Crippen LogP contribution in [0.25, 0.3) is 5.69 Å². The number of aromatic nitrogens is 4. The van der Waals surface area contributed by atoms with E-state index in [2.05, 4.69) is 25.6 Å². The predicted molar refractivity (Wildman–Crippen MR) is 98.8 cm³/mol. The fraction of sp³-hybridized carbons (Fsp3) is 0.188. The smallest absolute Gasteiger partial charge is 0.406 e. The zero-order valence-corrected chi connectivity index (χ0v) is 16.2. The number of rotatable bonds is 6. The van der Waals surface area contributed by atoms with Crippen molar-refractivity contribution in [3.8, 4) is 17.5 Å². The van der Waals surface area contributed by atoms with Crippen LogP contribution in [0.4, 0.5) is 18.2 Å². The number of nitriles is 1. The normalized spacial score (nSPS) is 12.2. The second-order valence-electron chi connectivity index (χ2n) is 5.44. The largest absolute Gasteiger partial charge is 0.573 e. The number of halogens is 3. The van der Waals surface area contributed by atoms with E-state index < -0.39 is 11.6 Å². The Kier molecular flexibility index (Phi) is 6.04. The number of hydrogen-bond donors (Lipinski definition) is 1. The minimum atomic E-state index is -4.78. The van der Waals surface area contributed by atoms with Crippen LogP contribution in [0.5, 0.6) is 5.75 Å². The summed E-state index contributed by atoms with van der Waals surface area (Å²) in [5.74, 6) is -0.724. The highest BCUT2D eigenvalue weighted by molar-refractivity contribution is 8.00. The lowest BCUT2D eigenvalue weighted by molar-refractivity contribution is -0.274. The molecule has 3 rings (SSSR count). The molecule has 0 aliphatic rings. The number of ether oxygens (including phenoxy) is 1. The van der Waals surface area contributed by atoms with Gasteiger partial charge >= 0.3 is 6.36 Å². The fourth-order valence-corrected chi connectivity index (χ4v) is 3.67. The van der Waals surface area contributed by atoms with Crippen LogP contribution in [0.1, 0.15) is 12.5 Å². The maximum Gasteiger partial charge on any atom is 0.573 e. The molecule has 0 spiro atoms. The molecule has 8 nitrogen and oxygen atoms in total. The molecule has 29 heavy (non-hydrogen) atoms. The zero-order chi connectivity index (χ0) is 21.0. The van der Waals surface area contributed by atoms with Gasteiger partial charge in [-0.15, -0.1) is 29.6 Å². The van der Waals surface area contributed by atoms with Crippen LogP contribution in [0, 0.1) is 11.3 Å². The Bertz CT molecular complexity index is 1040. The Labute approximate surface area is 170 Å². The number of alkyl halides is 3. The maximum absolute atomic E-state index is 12.4. The SMILES string of the molecule is CC(Sc1nnnn1-c1ccc(OC(F)(F)F)cc1)C(=O)Nc1sccc1C#N. The quantitative estimate of drug-likeness (QED) is 0.584. The topological polar surface area (TPSA) is 106 Å². The fourth-order valence-electron chi connectivity index (χ4n) is 2.12. The Balaban J connectivity index is 1.70. The molecule has 1 N–H and O–H groups in total. The second kappa shape index (κ2) is 8.50. The van der Waals surface area contributed by atoms with E-state index in [1.165, 1.54) is 28.2 Å². The lowest BCUT2D eigenvalue weighted by Crippen LogP contribution is -2.22. The number of tetrazole rings is 1. The molecule has 0 radical (unpaired) electrons. The number of carbonyl (C=O) groups is 1. The highest BCUT2D eigenvalue weighted by atomic mass is 32.2. The number of anilines is 1. The van der Waals surface area contributed by atoms with Gasteiger partial charge in [0.25, 0.3) is 0 Å². The third-order valence-corrected chi connectivity index (χ3v) is 5.29. The average molecular weight is 440 g/mol. The van der Waals surface area contributed by atoms with Crippen LogP contribution in [0.3, 0.4) is 0 Å². The van der Waals surface area contributed by atoms with E-state index in [0.717, 1.165) is 23.9 Å². The van der Waals surface area contributed by atoms with Gasteiger partial charge in [0.05, 0.1) is 16.5 Å². The third-order valence-electron chi connectivity index (χ3n) is 3.43. The first kappa shape index (κ1) is 20.6. The Hall–Kier alpha value is -3.11. The molecular formula is C16H11F3N6O2S2. The first-order chi connectivity index (χ1) is 13.8. The van der Waals surface area contributed by atoms with Crippen molar-refractivity contribution in [2.45, 2.75) is 23.7 Å². The molecule has 2 heterocycles. The summed E-state index contributed by atoms with van der Waals surface area (Å²) in [5, 5.41) is 24.7. The van der Waals surface area contributed by atoms with E-state index in [0.29, 0.717) is 16.3 Å². The van der Waals surface area contributed by atoms with Crippen molar-refractivity contribution >= 4 is 34.0 Å². The first-order valence-corrected chi connectivity index (χ1v) is 9.62. The number of benzene rings is 1. The van der Waals surface area contributed by atoms with Crippen LogP contribution in [-0.4, -0.2) is 37.7 Å². The molecule has 1 atom stereocenters. The van der Waals surface area contributed by atoms with Crippen molar-refractivity contribution < 1.29 is 22.7 Å². The summed E-state index contributed by atoms with van der Waals surface area (Å²) in [6.07, 6.45) is -4.78. The molecule has 2 aromatic heterocycles. The van der Waals surface area contributed by atoms with Crippen LogP contribution in [0.2, 0.25) is 0 Å². The number of amides is 1. The summed E-state index contributed by atoms with van der Waals surface area (Å²) in [6, 6.07) is 8.57. The van der Waals surface area contributed by atoms with Gasteiger partial charge in [-0.25, -0.2) is 0 Å². The summed E-state index contributed by atoms with van der Waals surface area (Å²) in [7, 11) is 0. The molecule has 1 aromatic carbocycles. The summed E-state index contributed by atoms with van der Waals surface area (Å²) in [5.41, 5.74) is 0.760. The highest BCUT2D eigenvalue weighted by Gasteiger charge is 2.31. The molecule has 0 saturated carbocycles. The number of nitrogens with one attached hydrogen (secondary N) is 1. The second-order valence-corrected chi connectivity index (χ2v) is 7.66. The standard InChI is InChI=1S/C16H11F3N6O2S2/c1-9(13(26)21-14-10(8-20)6-7-28-14)29-15-22-23-24-25(15)11-2-4-12(5-3-11)27-16(17,18)19/h2-7,9H,1H3,(H,21,26). The van der Waals surface area contributed by atoms with Crippen molar-refractivity contribution in [2.75, 3.05) is 5.32 Å². The Morgan fingerprint density at radius 2 is 2.07 bits per heavy atom. The molecule has 0 aliphatic carbocycles. The summed E-state index contributed by atoms with van der Waals surface area (Å²) in [4.78, 5) is 12.4. The minimum Gasteiger partial charge on any atom is -0.406 e. The zero-order valence-electron chi connectivity index (χ0n) is 14.5. The monoisotopic (exact) mass is 440 g/mol. The average Bonchev–Trinajstić information content (AvgIpc) is 3.30. The molecule has 1 amide bonds. The highest BCUT2D eigenvalue weighted by Crippen LogP contribution is 2.28. The number of hydrogen-bond acceptors (Lipinski definition) is 8. The van der Waals surface area contributed by atoms with Gasteiger partial charge in [0.15, 0.2) is 0 Å². The van der Waals surface area contributed by atoms with Gasteiger partial charge in [0.1, 0.15) is 16.8 Å². The molecule has 0 aliphatic heterocycles. The molecule has 0 bridgehead atoms. The number of thioether (sulfide) groups is 1. The van der Waals surface area contributed by atoms with Crippen LogP contribution >= 0.6 is 23.1 Å². The summed E-state index contributed by atoms with van der Waals surface area (Å²) >= 11 is 2.29. The van der Waals surface area contributed by atoms with Crippen LogP contribution in [-0.2, 0) is 4.79 Å². The lowest BCUT2D eigenvalue weighted by Gasteiger charge is -2.12. The van der Waals surface area contributed by atoms with E-state index in [4.69, 9.17) is 5.26 Å². The summed E-state index contributed by atoms with van der Waals surface area (Å²) in [6.45, 7) is 1.64. The first-order valence-electron chi connectivity index (χ1n) is 7.86. The lowest BCUT2D eigenvalue weighted by atomic mass is 10.3. The van der Waals surface area contributed by atoms with Gasteiger partial charge in [-0.1, -0.05) is 11.8 Å². The molecule has 0 fully saturated rings. The Morgan fingerprint density at radius 1 is 1.34 bits per heavy atom. The van der Waals surface area contributed by atoms with Crippen LogP contribution in [0.15, 0.2) is 40.9 Å². The summed E-state index contributed by atoms with van der Waals surface area (Å²) < 4.78 is 41.9. The molecule has 1 unspecified atom stereocenters.